The number of nitrogens with zero attached hydrogens (tertiary/aromatic N) is 2. The molecule has 1 aliphatic heterocycles. The van der Waals surface area contributed by atoms with Crippen molar-refractivity contribution in [2.24, 2.45) is 5.92 Å². The Bertz CT molecular complexity index is 424. The Morgan fingerprint density at radius 1 is 1.40 bits per heavy atom. The van der Waals surface area contributed by atoms with Crippen LogP contribution in [0, 0.1) is 5.92 Å². The Morgan fingerprint density at radius 2 is 2.15 bits per heavy atom. The summed E-state index contributed by atoms with van der Waals surface area (Å²) >= 11 is 0. The van der Waals surface area contributed by atoms with E-state index in [9.17, 15) is 4.79 Å². The number of carbonyl (C=O) groups excluding carboxylic acids is 1. The summed E-state index contributed by atoms with van der Waals surface area (Å²) in [6, 6.07) is 4.23. The van der Waals surface area contributed by atoms with Crippen LogP contribution >= 0.6 is 0 Å². The van der Waals surface area contributed by atoms with Crippen molar-refractivity contribution in [3.8, 4) is 0 Å². The molecule has 0 aliphatic carbocycles. The summed E-state index contributed by atoms with van der Waals surface area (Å²) in [5.74, 6) is 1.72. The lowest BCUT2D eigenvalue weighted by Gasteiger charge is -2.32. The molecule has 2 heterocycles. The van der Waals surface area contributed by atoms with Crippen LogP contribution in [0.15, 0.2) is 18.3 Å². The third-order valence-corrected chi connectivity index (χ3v) is 3.77. The lowest BCUT2D eigenvalue weighted by molar-refractivity contribution is -0.119. The van der Waals surface area contributed by atoms with Gasteiger partial charge in [0.15, 0.2) is 0 Å². The van der Waals surface area contributed by atoms with Crippen molar-refractivity contribution < 1.29 is 4.79 Å². The number of hydrogen-bond donors (Lipinski definition) is 2. The van der Waals surface area contributed by atoms with Gasteiger partial charge in [-0.1, -0.05) is 6.07 Å². The van der Waals surface area contributed by atoms with Crippen LogP contribution in [0.4, 0.5) is 5.82 Å². The largest absolute Gasteiger partial charge is 0.357 e. The van der Waals surface area contributed by atoms with Gasteiger partial charge in [-0.2, -0.15) is 0 Å². The van der Waals surface area contributed by atoms with Gasteiger partial charge in [-0.05, 0) is 37.4 Å². The third kappa shape index (κ3) is 4.20. The zero-order valence-electron chi connectivity index (χ0n) is 12.4. The SMILES string of the molecule is CNCc1ccc(N2CCC(CNC(C)=O)CC2)nc1. The van der Waals surface area contributed by atoms with Crippen molar-refractivity contribution >= 4 is 11.7 Å². The van der Waals surface area contributed by atoms with Gasteiger partial charge < -0.3 is 15.5 Å². The molecule has 1 aromatic rings. The van der Waals surface area contributed by atoms with Crippen LogP contribution in [0.2, 0.25) is 0 Å². The zero-order valence-corrected chi connectivity index (χ0v) is 12.4. The Kier molecular flexibility index (Phi) is 5.35. The molecule has 0 saturated carbocycles. The van der Waals surface area contributed by atoms with Crippen molar-refractivity contribution in [1.82, 2.24) is 15.6 Å². The highest BCUT2D eigenvalue weighted by atomic mass is 16.1. The molecular weight excluding hydrogens is 252 g/mol. The van der Waals surface area contributed by atoms with Crippen LogP contribution in [-0.2, 0) is 11.3 Å². The standard InChI is InChI=1S/C15H24N4O/c1-12(20)17-10-13-5-7-19(8-6-13)15-4-3-14(9-16-2)11-18-15/h3-4,11,13,16H,5-10H2,1-2H3,(H,17,20). The molecule has 0 aromatic carbocycles. The smallest absolute Gasteiger partial charge is 0.216 e. The van der Waals surface area contributed by atoms with Gasteiger partial charge in [-0.3, -0.25) is 4.79 Å². The van der Waals surface area contributed by atoms with Crippen LogP contribution < -0.4 is 15.5 Å². The topological polar surface area (TPSA) is 57.3 Å². The van der Waals surface area contributed by atoms with Gasteiger partial charge in [0, 0.05) is 39.3 Å². The molecule has 1 aliphatic rings. The maximum Gasteiger partial charge on any atom is 0.216 e. The highest BCUT2D eigenvalue weighted by molar-refractivity contribution is 5.72. The summed E-state index contributed by atoms with van der Waals surface area (Å²) in [4.78, 5) is 17.8. The van der Waals surface area contributed by atoms with Crippen LogP contribution in [0.5, 0.6) is 0 Å². The van der Waals surface area contributed by atoms with Gasteiger partial charge in [0.05, 0.1) is 0 Å². The molecule has 5 nitrogen and oxygen atoms in total. The highest BCUT2D eigenvalue weighted by Crippen LogP contribution is 2.21. The average Bonchev–Trinajstić information content (AvgIpc) is 2.47. The van der Waals surface area contributed by atoms with Gasteiger partial charge >= 0.3 is 0 Å². The van der Waals surface area contributed by atoms with Gasteiger partial charge in [0.2, 0.25) is 5.91 Å². The number of pyridine rings is 1. The van der Waals surface area contributed by atoms with E-state index in [1.807, 2.05) is 13.2 Å². The van der Waals surface area contributed by atoms with E-state index in [-0.39, 0.29) is 5.91 Å². The number of aromatic nitrogens is 1. The first-order chi connectivity index (χ1) is 9.69. The van der Waals surface area contributed by atoms with Crippen LogP contribution in [-0.4, -0.2) is 37.6 Å². The molecule has 1 amide bonds. The Balaban J connectivity index is 1.82. The van der Waals surface area contributed by atoms with Crippen molar-refractivity contribution in [3.05, 3.63) is 23.9 Å². The van der Waals surface area contributed by atoms with E-state index in [2.05, 4.69) is 32.7 Å². The molecule has 0 spiro atoms. The Morgan fingerprint density at radius 3 is 2.70 bits per heavy atom. The molecule has 1 aromatic heterocycles. The van der Waals surface area contributed by atoms with Crippen LogP contribution in [0.3, 0.4) is 0 Å². The molecule has 0 radical (unpaired) electrons. The van der Waals surface area contributed by atoms with E-state index >= 15 is 0 Å². The molecule has 2 N–H and O–H groups in total. The maximum atomic E-state index is 10.9. The minimum absolute atomic E-state index is 0.0641. The van der Waals surface area contributed by atoms with Gasteiger partial charge in [0.25, 0.3) is 0 Å². The summed E-state index contributed by atoms with van der Waals surface area (Å²) in [5, 5.41) is 6.04. The van der Waals surface area contributed by atoms with E-state index in [0.29, 0.717) is 5.92 Å². The number of nitrogens with one attached hydrogen (secondary N) is 2. The molecule has 0 bridgehead atoms. The first kappa shape index (κ1) is 14.8. The first-order valence-corrected chi connectivity index (χ1v) is 7.28. The molecular formula is C15H24N4O. The van der Waals surface area contributed by atoms with E-state index in [1.54, 1.807) is 6.92 Å². The lowest BCUT2D eigenvalue weighted by atomic mass is 9.97. The minimum Gasteiger partial charge on any atom is -0.357 e. The zero-order chi connectivity index (χ0) is 14.4. The molecule has 0 atom stereocenters. The average molecular weight is 276 g/mol. The normalized spacial score (nSPS) is 16.2. The van der Waals surface area contributed by atoms with E-state index in [1.165, 1.54) is 5.56 Å². The van der Waals surface area contributed by atoms with Crippen molar-refractivity contribution in [2.75, 3.05) is 31.6 Å². The fourth-order valence-corrected chi connectivity index (χ4v) is 2.57. The van der Waals surface area contributed by atoms with Crippen molar-refractivity contribution in [3.63, 3.8) is 0 Å². The van der Waals surface area contributed by atoms with E-state index in [0.717, 1.165) is 44.8 Å². The summed E-state index contributed by atoms with van der Waals surface area (Å²) < 4.78 is 0. The van der Waals surface area contributed by atoms with E-state index in [4.69, 9.17) is 0 Å². The van der Waals surface area contributed by atoms with Gasteiger partial charge in [-0.15, -0.1) is 0 Å². The van der Waals surface area contributed by atoms with Crippen LogP contribution in [0.1, 0.15) is 25.3 Å². The monoisotopic (exact) mass is 276 g/mol. The first-order valence-electron chi connectivity index (χ1n) is 7.28. The third-order valence-electron chi connectivity index (χ3n) is 3.77. The molecule has 110 valence electrons. The van der Waals surface area contributed by atoms with Crippen molar-refractivity contribution in [2.45, 2.75) is 26.3 Å². The summed E-state index contributed by atoms with van der Waals surface area (Å²) in [7, 11) is 1.94. The molecule has 2 rings (SSSR count). The predicted molar refractivity (Wildman–Crippen MR) is 80.6 cm³/mol. The van der Waals surface area contributed by atoms with Gasteiger partial charge in [0.1, 0.15) is 5.82 Å². The molecule has 0 unspecified atom stereocenters. The fraction of sp³-hybridized carbons (Fsp3) is 0.600. The summed E-state index contributed by atoms with van der Waals surface area (Å²) in [5.41, 5.74) is 1.21. The molecule has 5 heteroatoms. The number of hydrogen-bond acceptors (Lipinski definition) is 4. The number of rotatable bonds is 5. The summed E-state index contributed by atoms with van der Waals surface area (Å²) in [6.07, 6.45) is 4.16. The molecule has 1 saturated heterocycles. The Hall–Kier alpha value is -1.62. The number of carbonyl (C=O) groups is 1. The van der Waals surface area contributed by atoms with Crippen LogP contribution in [0.25, 0.3) is 0 Å². The second kappa shape index (κ2) is 7.24. The van der Waals surface area contributed by atoms with Gasteiger partial charge in [-0.25, -0.2) is 4.98 Å². The molecule has 1 fully saturated rings. The molecule has 20 heavy (non-hydrogen) atoms. The number of amides is 1. The highest BCUT2D eigenvalue weighted by Gasteiger charge is 2.20. The quantitative estimate of drug-likeness (QED) is 0.847. The minimum atomic E-state index is 0.0641. The van der Waals surface area contributed by atoms with E-state index < -0.39 is 0 Å². The predicted octanol–water partition coefficient (Wildman–Crippen LogP) is 1.15. The fourth-order valence-electron chi connectivity index (χ4n) is 2.57. The summed E-state index contributed by atoms with van der Waals surface area (Å²) in [6.45, 7) is 5.26. The number of piperidine rings is 1. The second-order valence-electron chi connectivity index (χ2n) is 5.42. The maximum absolute atomic E-state index is 10.9. The second-order valence-corrected chi connectivity index (χ2v) is 5.42. The Labute approximate surface area is 120 Å². The lowest BCUT2D eigenvalue weighted by Crippen LogP contribution is -2.38. The number of anilines is 1. The van der Waals surface area contributed by atoms with Crippen molar-refractivity contribution in [1.29, 1.82) is 0 Å².